The molecular weight excluding hydrogens is 376 g/mol. The van der Waals surface area contributed by atoms with Crippen molar-refractivity contribution in [3.05, 3.63) is 65.6 Å². The van der Waals surface area contributed by atoms with Crippen LogP contribution in [0.15, 0.2) is 48.9 Å². The highest BCUT2D eigenvalue weighted by Gasteiger charge is 2.21. The van der Waals surface area contributed by atoms with Gasteiger partial charge < -0.3 is 20.3 Å². The van der Waals surface area contributed by atoms with E-state index >= 15 is 0 Å². The summed E-state index contributed by atoms with van der Waals surface area (Å²) in [6.07, 6.45) is 9.01. The van der Waals surface area contributed by atoms with Gasteiger partial charge in [-0.1, -0.05) is 18.2 Å². The van der Waals surface area contributed by atoms with Crippen molar-refractivity contribution in [2.45, 2.75) is 44.8 Å². The number of para-hydroxylation sites is 1. The number of piperidine rings is 1. The van der Waals surface area contributed by atoms with Gasteiger partial charge in [-0.05, 0) is 50.3 Å². The maximum Gasteiger partial charge on any atom is 0.255 e. The molecule has 1 aliphatic heterocycles. The zero-order valence-electron chi connectivity index (χ0n) is 17.5. The molecule has 2 aromatic heterocycles. The molecule has 0 bridgehead atoms. The number of nitrogens with zero attached hydrogens (tertiary/aromatic N) is 2. The normalized spacial score (nSPS) is 16.5. The van der Waals surface area contributed by atoms with E-state index in [0.29, 0.717) is 6.54 Å². The van der Waals surface area contributed by atoms with Crippen LogP contribution in [0.1, 0.15) is 53.8 Å². The molecular formula is C24H30N4O2. The molecule has 1 aliphatic rings. The maximum atomic E-state index is 13.0. The number of likely N-dealkylation sites (tertiary alicyclic amines) is 1. The lowest BCUT2D eigenvalue weighted by Gasteiger charge is -2.26. The molecule has 158 valence electrons. The van der Waals surface area contributed by atoms with Crippen molar-refractivity contribution in [2.24, 2.45) is 0 Å². The van der Waals surface area contributed by atoms with Crippen molar-refractivity contribution in [1.29, 1.82) is 0 Å². The number of amides is 1. The minimum absolute atomic E-state index is 0.125. The van der Waals surface area contributed by atoms with Gasteiger partial charge in [-0.15, -0.1) is 0 Å². The van der Waals surface area contributed by atoms with E-state index in [9.17, 15) is 9.90 Å². The molecule has 3 heterocycles. The highest BCUT2D eigenvalue weighted by Crippen LogP contribution is 2.25. The molecule has 3 N–H and O–H groups in total. The second-order valence-electron chi connectivity index (χ2n) is 8.21. The summed E-state index contributed by atoms with van der Waals surface area (Å²) in [5.74, 6) is 0.125. The van der Waals surface area contributed by atoms with Crippen molar-refractivity contribution in [3.63, 3.8) is 0 Å². The van der Waals surface area contributed by atoms with Crippen LogP contribution in [0.5, 0.6) is 0 Å². The van der Waals surface area contributed by atoms with E-state index in [2.05, 4.69) is 28.3 Å². The standard InChI is InChI=1S/C24H30N4O2/c1-17(26-16-22(29)18-7-6-10-25-14-18)13-19-15-27-23-20(19)8-5-9-21(23)24(30)28-11-3-2-4-12-28/h5-10,14-15,17,22,26-27,29H,2-4,11-13,16H2,1H3/t17-,22+/m1/s1. The number of pyridine rings is 1. The van der Waals surface area contributed by atoms with Crippen LogP contribution in [-0.4, -0.2) is 51.6 Å². The van der Waals surface area contributed by atoms with Gasteiger partial charge in [0, 0.05) is 55.2 Å². The number of carbonyl (C=O) groups is 1. The van der Waals surface area contributed by atoms with Gasteiger partial charge in [-0.2, -0.15) is 0 Å². The van der Waals surface area contributed by atoms with Gasteiger partial charge in [-0.25, -0.2) is 0 Å². The van der Waals surface area contributed by atoms with Gasteiger partial charge in [0.15, 0.2) is 0 Å². The largest absolute Gasteiger partial charge is 0.387 e. The van der Waals surface area contributed by atoms with Gasteiger partial charge in [0.25, 0.3) is 5.91 Å². The van der Waals surface area contributed by atoms with E-state index < -0.39 is 6.10 Å². The molecule has 1 aromatic carbocycles. The Balaban J connectivity index is 1.43. The van der Waals surface area contributed by atoms with Crippen LogP contribution in [0.2, 0.25) is 0 Å². The highest BCUT2D eigenvalue weighted by atomic mass is 16.3. The molecule has 1 fully saturated rings. The molecule has 6 nitrogen and oxygen atoms in total. The lowest BCUT2D eigenvalue weighted by molar-refractivity contribution is 0.0726. The number of aliphatic hydroxyl groups excluding tert-OH is 1. The quantitative estimate of drug-likeness (QED) is 0.561. The first-order valence-corrected chi connectivity index (χ1v) is 10.8. The van der Waals surface area contributed by atoms with Crippen molar-refractivity contribution >= 4 is 16.8 Å². The number of carbonyl (C=O) groups excluding carboxylic acids is 1. The summed E-state index contributed by atoms with van der Waals surface area (Å²) in [6, 6.07) is 9.86. The molecule has 30 heavy (non-hydrogen) atoms. The summed E-state index contributed by atoms with van der Waals surface area (Å²) < 4.78 is 0. The van der Waals surface area contributed by atoms with Crippen LogP contribution in [-0.2, 0) is 6.42 Å². The average molecular weight is 407 g/mol. The Hall–Kier alpha value is -2.70. The number of rotatable bonds is 7. The fourth-order valence-corrected chi connectivity index (χ4v) is 4.23. The van der Waals surface area contributed by atoms with Crippen LogP contribution in [0.3, 0.4) is 0 Å². The summed E-state index contributed by atoms with van der Waals surface area (Å²) in [6.45, 7) is 4.28. The number of aromatic nitrogens is 2. The zero-order valence-corrected chi connectivity index (χ0v) is 17.5. The fourth-order valence-electron chi connectivity index (χ4n) is 4.23. The minimum atomic E-state index is -0.585. The molecule has 0 unspecified atom stereocenters. The van der Waals surface area contributed by atoms with Crippen LogP contribution >= 0.6 is 0 Å². The molecule has 6 heteroatoms. The molecule has 0 aliphatic carbocycles. The lowest BCUT2D eigenvalue weighted by Crippen LogP contribution is -2.35. The fraction of sp³-hybridized carbons (Fsp3) is 0.417. The summed E-state index contributed by atoms with van der Waals surface area (Å²) in [4.78, 5) is 22.4. The number of fused-ring (bicyclic) bond motifs is 1. The smallest absolute Gasteiger partial charge is 0.255 e. The second-order valence-corrected chi connectivity index (χ2v) is 8.21. The monoisotopic (exact) mass is 406 g/mol. The lowest BCUT2D eigenvalue weighted by atomic mass is 10.0. The van der Waals surface area contributed by atoms with Gasteiger partial charge in [-0.3, -0.25) is 9.78 Å². The predicted octanol–water partition coefficient (Wildman–Crippen LogP) is 3.44. The Morgan fingerprint density at radius 3 is 2.83 bits per heavy atom. The molecule has 0 spiro atoms. The summed E-state index contributed by atoms with van der Waals surface area (Å²) in [7, 11) is 0. The number of hydrogen-bond acceptors (Lipinski definition) is 4. The molecule has 0 radical (unpaired) electrons. The Morgan fingerprint density at radius 1 is 1.23 bits per heavy atom. The maximum absolute atomic E-state index is 13.0. The first kappa shape index (κ1) is 20.6. The molecule has 2 atom stereocenters. The number of nitrogens with one attached hydrogen (secondary N) is 2. The zero-order chi connectivity index (χ0) is 20.9. The summed E-state index contributed by atoms with van der Waals surface area (Å²) >= 11 is 0. The third-order valence-electron chi connectivity index (χ3n) is 5.93. The summed E-state index contributed by atoms with van der Waals surface area (Å²) in [5, 5.41) is 14.8. The number of hydrogen-bond donors (Lipinski definition) is 3. The number of H-pyrrole nitrogens is 1. The van der Waals surface area contributed by atoms with E-state index in [1.807, 2.05) is 35.4 Å². The number of aromatic amines is 1. The predicted molar refractivity (Wildman–Crippen MR) is 118 cm³/mol. The van der Waals surface area contributed by atoms with Gasteiger partial charge in [0.05, 0.1) is 17.2 Å². The Bertz CT molecular complexity index is 979. The molecule has 1 saturated heterocycles. The Labute approximate surface area is 177 Å². The van der Waals surface area contributed by atoms with Crippen molar-refractivity contribution in [1.82, 2.24) is 20.2 Å². The topological polar surface area (TPSA) is 81.2 Å². The van der Waals surface area contributed by atoms with E-state index in [4.69, 9.17) is 0 Å². The average Bonchev–Trinajstić information content (AvgIpc) is 3.21. The molecule has 3 aromatic rings. The van der Waals surface area contributed by atoms with E-state index in [-0.39, 0.29) is 11.9 Å². The van der Waals surface area contributed by atoms with E-state index in [0.717, 1.165) is 54.4 Å². The van der Waals surface area contributed by atoms with Crippen LogP contribution in [0.4, 0.5) is 0 Å². The molecule has 4 rings (SSSR count). The van der Waals surface area contributed by atoms with E-state index in [1.165, 1.54) is 12.0 Å². The molecule has 1 amide bonds. The Kier molecular flexibility index (Phi) is 6.45. The van der Waals surface area contributed by atoms with Crippen molar-refractivity contribution in [3.8, 4) is 0 Å². The van der Waals surface area contributed by atoms with Gasteiger partial charge >= 0.3 is 0 Å². The summed E-state index contributed by atoms with van der Waals surface area (Å²) in [5.41, 5.74) is 3.67. The third-order valence-corrected chi connectivity index (χ3v) is 5.93. The minimum Gasteiger partial charge on any atom is -0.387 e. The number of aliphatic hydroxyl groups is 1. The number of benzene rings is 1. The van der Waals surface area contributed by atoms with Gasteiger partial charge in [0.1, 0.15) is 0 Å². The van der Waals surface area contributed by atoms with Crippen LogP contribution in [0, 0.1) is 0 Å². The van der Waals surface area contributed by atoms with Crippen molar-refractivity contribution in [2.75, 3.05) is 19.6 Å². The van der Waals surface area contributed by atoms with E-state index in [1.54, 1.807) is 12.4 Å². The molecule has 0 saturated carbocycles. The highest BCUT2D eigenvalue weighted by molar-refractivity contribution is 6.06. The van der Waals surface area contributed by atoms with Crippen molar-refractivity contribution < 1.29 is 9.90 Å². The third kappa shape index (κ3) is 4.55. The first-order valence-electron chi connectivity index (χ1n) is 10.8. The SMILES string of the molecule is C[C@H](Cc1c[nH]c2c(C(=O)N3CCCCC3)cccc12)NC[C@H](O)c1cccnc1. The van der Waals surface area contributed by atoms with Crippen LogP contribution in [0.25, 0.3) is 10.9 Å². The van der Waals surface area contributed by atoms with Gasteiger partial charge in [0.2, 0.25) is 0 Å². The Morgan fingerprint density at radius 2 is 2.07 bits per heavy atom. The second kappa shape index (κ2) is 9.41. The van der Waals surface area contributed by atoms with Crippen LogP contribution < -0.4 is 5.32 Å². The first-order chi connectivity index (χ1) is 14.6.